The molecule has 0 aliphatic carbocycles. The van der Waals surface area contributed by atoms with Gasteiger partial charge in [-0.05, 0) is 32.1 Å². The molecule has 0 aromatic heterocycles. The van der Waals surface area contributed by atoms with Gasteiger partial charge in [0.25, 0.3) is 0 Å². The SMILES string of the molecule is COC(=O)C(CCCC/C=C/CCCO)C(=O)OC. The van der Waals surface area contributed by atoms with Crippen LogP contribution in [0.1, 0.15) is 38.5 Å². The number of aliphatic hydroxyl groups excluding tert-OH is 1. The van der Waals surface area contributed by atoms with Crippen LogP contribution in [0.4, 0.5) is 0 Å². The summed E-state index contributed by atoms with van der Waals surface area (Å²) in [5, 5.41) is 8.60. The van der Waals surface area contributed by atoms with Crippen molar-refractivity contribution < 1.29 is 24.2 Å². The standard InChI is InChI=1S/C14H24O5/c1-18-13(16)12(14(17)19-2)10-8-6-4-3-5-7-9-11-15/h3,5,12,15H,4,6-11H2,1-2H3/b5-3+. The average molecular weight is 272 g/mol. The molecule has 0 aromatic carbocycles. The third-order valence-corrected chi connectivity index (χ3v) is 2.78. The highest BCUT2D eigenvalue weighted by molar-refractivity contribution is 5.94. The van der Waals surface area contributed by atoms with Gasteiger partial charge in [0.2, 0.25) is 0 Å². The minimum absolute atomic E-state index is 0.213. The quantitative estimate of drug-likeness (QED) is 0.284. The highest BCUT2D eigenvalue weighted by Crippen LogP contribution is 2.13. The van der Waals surface area contributed by atoms with Crippen molar-refractivity contribution in [2.45, 2.75) is 38.5 Å². The molecule has 0 aromatic rings. The predicted molar refractivity (Wildman–Crippen MR) is 71.4 cm³/mol. The number of allylic oxidation sites excluding steroid dienone is 2. The van der Waals surface area contributed by atoms with E-state index in [1.165, 1.54) is 14.2 Å². The number of hydrogen-bond donors (Lipinski definition) is 1. The molecular formula is C14H24O5. The Hall–Kier alpha value is -1.36. The molecule has 5 nitrogen and oxygen atoms in total. The molecule has 0 aliphatic rings. The van der Waals surface area contributed by atoms with Crippen LogP contribution in [-0.2, 0) is 19.1 Å². The Morgan fingerprint density at radius 2 is 1.53 bits per heavy atom. The van der Waals surface area contributed by atoms with Crippen molar-refractivity contribution >= 4 is 11.9 Å². The van der Waals surface area contributed by atoms with E-state index in [1.807, 2.05) is 6.08 Å². The van der Waals surface area contributed by atoms with Gasteiger partial charge in [-0.3, -0.25) is 9.59 Å². The first kappa shape index (κ1) is 17.6. The number of rotatable bonds is 10. The molecule has 110 valence electrons. The summed E-state index contributed by atoms with van der Waals surface area (Å²) in [7, 11) is 2.53. The molecule has 0 unspecified atom stereocenters. The van der Waals surface area contributed by atoms with Gasteiger partial charge in [-0.15, -0.1) is 0 Å². The fourth-order valence-corrected chi connectivity index (χ4v) is 1.67. The van der Waals surface area contributed by atoms with Crippen molar-refractivity contribution in [2.75, 3.05) is 20.8 Å². The van der Waals surface area contributed by atoms with E-state index in [-0.39, 0.29) is 6.61 Å². The van der Waals surface area contributed by atoms with Gasteiger partial charge in [0, 0.05) is 6.61 Å². The molecule has 1 N–H and O–H groups in total. The lowest BCUT2D eigenvalue weighted by molar-refractivity contribution is -0.159. The summed E-state index contributed by atoms with van der Waals surface area (Å²) < 4.78 is 9.16. The summed E-state index contributed by atoms with van der Waals surface area (Å²) in [5.74, 6) is -1.89. The van der Waals surface area contributed by atoms with Crippen LogP contribution >= 0.6 is 0 Å². The largest absolute Gasteiger partial charge is 0.468 e. The molecule has 0 heterocycles. The van der Waals surface area contributed by atoms with Crippen LogP contribution < -0.4 is 0 Å². The lowest BCUT2D eigenvalue weighted by Crippen LogP contribution is -2.26. The van der Waals surface area contributed by atoms with Gasteiger partial charge in [-0.25, -0.2) is 0 Å². The minimum atomic E-state index is -0.812. The number of esters is 2. The lowest BCUT2D eigenvalue weighted by atomic mass is 10.0. The molecule has 0 rings (SSSR count). The third-order valence-electron chi connectivity index (χ3n) is 2.78. The maximum absolute atomic E-state index is 11.4. The molecule has 0 spiro atoms. The van der Waals surface area contributed by atoms with E-state index in [0.717, 1.165) is 32.1 Å². The second-order valence-electron chi connectivity index (χ2n) is 4.22. The summed E-state index contributed by atoms with van der Waals surface area (Å²) in [4.78, 5) is 22.8. The van der Waals surface area contributed by atoms with Gasteiger partial charge in [-0.2, -0.15) is 0 Å². The van der Waals surface area contributed by atoms with Gasteiger partial charge >= 0.3 is 11.9 Å². The third kappa shape index (κ3) is 8.37. The van der Waals surface area contributed by atoms with Crippen molar-refractivity contribution in [3.8, 4) is 0 Å². The first-order valence-corrected chi connectivity index (χ1v) is 6.58. The Bertz CT molecular complexity index is 270. The van der Waals surface area contributed by atoms with Crippen LogP contribution in [0.3, 0.4) is 0 Å². The van der Waals surface area contributed by atoms with E-state index in [2.05, 4.69) is 15.5 Å². The number of ether oxygens (including phenoxy) is 2. The Morgan fingerprint density at radius 3 is 2.00 bits per heavy atom. The highest BCUT2D eigenvalue weighted by atomic mass is 16.5. The zero-order valence-electron chi connectivity index (χ0n) is 11.8. The average Bonchev–Trinajstić information content (AvgIpc) is 2.44. The van der Waals surface area contributed by atoms with Gasteiger partial charge in [0.1, 0.15) is 0 Å². The smallest absolute Gasteiger partial charge is 0.320 e. The number of carbonyl (C=O) groups is 2. The van der Waals surface area contributed by atoms with Gasteiger partial charge in [-0.1, -0.05) is 18.6 Å². The van der Waals surface area contributed by atoms with Crippen LogP contribution in [0.15, 0.2) is 12.2 Å². The van der Waals surface area contributed by atoms with Crippen molar-refractivity contribution in [1.82, 2.24) is 0 Å². The van der Waals surface area contributed by atoms with Gasteiger partial charge in [0.15, 0.2) is 5.92 Å². The number of carbonyl (C=O) groups excluding carboxylic acids is 2. The zero-order valence-corrected chi connectivity index (χ0v) is 11.8. The van der Waals surface area contributed by atoms with Crippen LogP contribution in [0.25, 0.3) is 0 Å². The van der Waals surface area contributed by atoms with Crippen molar-refractivity contribution in [1.29, 1.82) is 0 Å². The Balaban J connectivity index is 3.84. The van der Waals surface area contributed by atoms with Gasteiger partial charge in [0.05, 0.1) is 14.2 Å². The highest BCUT2D eigenvalue weighted by Gasteiger charge is 2.27. The topological polar surface area (TPSA) is 72.8 Å². The maximum Gasteiger partial charge on any atom is 0.320 e. The summed E-state index contributed by atoms with van der Waals surface area (Å²) in [6.45, 7) is 0.213. The maximum atomic E-state index is 11.4. The fraction of sp³-hybridized carbons (Fsp3) is 0.714. The molecule has 0 amide bonds. The lowest BCUT2D eigenvalue weighted by Gasteiger charge is -2.11. The molecule has 0 fully saturated rings. The summed E-state index contributed by atoms with van der Waals surface area (Å²) in [6, 6.07) is 0. The van der Waals surface area contributed by atoms with Crippen LogP contribution in [0.2, 0.25) is 0 Å². The van der Waals surface area contributed by atoms with E-state index in [4.69, 9.17) is 5.11 Å². The van der Waals surface area contributed by atoms with Crippen molar-refractivity contribution in [3.63, 3.8) is 0 Å². The molecule has 5 heteroatoms. The number of unbranched alkanes of at least 4 members (excludes halogenated alkanes) is 3. The first-order chi connectivity index (χ1) is 9.17. The number of methoxy groups -OCH3 is 2. The van der Waals surface area contributed by atoms with Crippen LogP contribution in [0.5, 0.6) is 0 Å². The number of hydrogen-bond acceptors (Lipinski definition) is 5. The molecule has 19 heavy (non-hydrogen) atoms. The Labute approximate surface area is 114 Å². The van der Waals surface area contributed by atoms with E-state index in [9.17, 15) is 9.59 Å². The molecule has 0 saturated carbocycles. The number of aliphatic hydroxyl groups is 1. The van der Waals surface area contributed by atoms with Gasteiger partial charge < -0.3 is 14.6 Å². The van der Waals surface area contributed by atoms with Crippen LogP contribution in [0, 0.1) is 5.92 Å². The van der Waals surface area contributed by atoms with E-state index in [0.29, 0.717) is 6.42 Å². The normalized spacial score (nSPS) is 10.9. The Kier molecular flexibility index (Phi) is 10.9. The fourth-order valence-electron chi connectivity index (χ4n) is 1.67. The predicted octanol–water partition coefficient (Wildman–Crippen LogP) is 1.84. The molecule has 0 saturated heterocycles. The molecule has 0 radical (unpaired) electrons. The van der Waals surface area contributed by atoms with Crippen LogP contribution in [-0.4, -0.2) is 37.9 Å². The molecule has 0 aliphatic heterocycles. The second-order valence-corrected chi connectivity index (χ2v) is 4.22. The Morgan fingerprint density at radius 1 is 1.00 bits per heavy atom. The first-order valence-electron chi connectivity index (χ1n) is 6.58. The summed E-state index contributed by atoms with van der Waals surface area (Å²) in [6.07, 6.45) is 8.77. The van der Waals surface area contributed by atoms with E-state index < -0.39 is 17.9 Å². The van der Waals surface area contributed by atoms with E-state index in [1.54, 1.807) is 0 Å². The minimum Gasteiger partial charge on any atom is -0.468 e. The van der Waals surface area contributed by atoms with Crippen molar-refractivity contribution in [3.05, 3.63) is 12.2 Å². The monoisotopic (exact) mass is 272 g/mol. The molecular weight excluding hydrogens is 248 g/mol. The zero-order chi connectivity index (χ0) is 14.5. The van der Waals surface area contributed by atoms with Crippen molar-refractivity contribution in [2.24, 2.45) is 5.92 Å². The molecule has 0 bridgehead atoms. The summed E-state index contributed by atoms with van der Waals surface area (Å²) >= 11 is 0. The van der Waals surface area contributed by atoms with E-state index >= 15 is 0 Å². The second kappa shape index (κ2) is 11.7. The summed E-state index contributed by atoms with van der Waals surface area (Å²) in [5.41, 5.74) is 0. The molecule has 0 atom stereocenters.